The van der Waals surface area contributed by atoms with Gasteiger partial charge in [0.05, 0.1) is 5.56 Å². The number of para-hydroxylation sites is 1. The second-order valence-electron chi connectivity index (χ2n) is 6.82. The van der Waals surface area contributed by atoms with Crippen molar-refractivity contribution in [2.45, 2.75) is 38.5 Å². The molecule has 0 spiro atoms. The van der Waals surface area contributed by atoms with Gasteiger partial charge in [-0.2, -0.15) is 0 Å². The summed E-state index contributed by atoms with van der Waals surface area (Å²) < 4.78 is 0. The highest BCUT2D eigenvalue weighted by molar-refractivity contribution is 5.97. The summed E-state index contributed by atoms with van der Waals surface area (Å²) in [6.45, 7) is 2.93. The first-order valence-corrected chi connectivity index (χ1v) is 9.03. The van der Waals surface area contributed by atoms with Crippen LogP contribution in [0, 0.1) is 5.92 Å². The van der Waals surface area contributed by atoms with Gasteiger partial charge in [0.15, 0.2) is 0 Å². The molecule has 5 nitrogen and oxygen atoms in total. The van der Waals surface area contributed by atoms with Crippen molar-refractivity contribution < 1.29 is 14.7 Å². The molecule has 2 aliphatic rings. The number of phenolic OH excluding ortho intramolecular Hbond substituents is 1. The van der Waals surface area contributed by atoms with E-state index in [4.69, 9.17) is 0 Å². The summed E-state index contributed by atoms with van der Waals surface area (Å²) in [4.78, 5) is 29.0. The molecular formula is C19H26N2O3. The molecule has 0 atom stereocenters. The monoisotopic (exact) mass is 330 g/mol. The number of hydrogen-bond donors (Lipinski definition) is 1. The van der Waals surface area contributed by atoms with Gasteiger partial charge in [-0.3, -0.25) is 9.59 Å². The maximum absolute atomic E-state index is 12.7. The van der Waals surface area contributed by atoms with Crippen LogP contribution in [-0.4, -0.2) is 52.9 Å². The minimum atomic E-state index is -0.145. The van der Waals surface area contributed by atoms with Crippen LogP contribution in [0.4, 0.5) is 0 Å². The largest absolute Gasteiger partial charge is 0.507 e. The third-order valence-corrected chi connectivity index (χ3v) is 5.18. The van der Waals surface area contributed by atoms with Crippen molar-refractivity contribution >= 4 is 11.8 Å². The summed E-state index contributed by atoms with van der Waals surface area (Å²) in [6.07, 6.45) is 6.09. The van der Waals surface area contributed by atoms with Gasteiger partial charge in [-0.05, 0) is 37.8 Å². The lowest BCUT2D eigenvalue weighted by atomic mass is 9.94. The molecule has 130 valence electrons. The fraction of sp³-hybridized carbons (Fsp3) is 0.579. The molecule has 2 amide bonds. The van der Waals surface area contributed by atoms with Crippen molar-refractivity contribution in [3.05, 3.63) is 29.8 Å². The van der Waals surface area contributed by atoms with Gasteiger partial charge >= 0.3 is 0 Å². The average molecular weight is 330 g/mol. The molecule has 0 radical (unpaired) electrons. The third-order valence-electron chi connectivity index (χ3n) is 5.18. The topological polar surface area (TPSA) is 60.9 Å². The smallest absolute Gasteiger partial charge is 0.257 e. The molecule has 0 saturated carbocycles. The lowest BCUT2D eigenvalue weighted by molar-refractivity contribution is -0.136. The molecule has 1 N–H and O–H groups in total. The van der Waals surface area contributed by atoms with E-state index in [1.807, 2.05) is 4.90 Å². The Bertz CT molecular complexity index is 586. The molecule has 0 aliphatic carbocycles. The van der Waals surface area contributed by atoms with Gasteiger partial charge in [0, 0.05) is 32.1 Å². The van der Waals surface area contributed by atoms with Gasteiger partial charge in [-0.1, -0.05) is 25.0 Å². The van der Waals surface area contributed by atoms with Gasteiger partial charge in [-0.15, -0.1) is 0 Å². The summed E-state index contributed by atoms with van der Waals surface area (Å²) in [5.74, 6) is 0.183. The summed E-state index contributed by atoms with van der Waals surface area (Å²) in [5, 5.41) is 9.84. The predicted octanol–water partition coefficient (Wildman–Crippen LogP) is 2.65. The minimum Gasteiger partial charge on any atom is -0.507 e. The molecule has 0 unspecified atom stereocenters. The lowest BCUT2D eigenvalue weighted by Crippen LogP contribution is -2.44. The van der Waals surface area contributed by atoms with Gasteiger partial charge in [0.1, 0.15) is 5.75 Å². The molecule has 0 bridgehead atoms. The maximum Gasteiger partial charge on any atom is 0.257 e. The highest BCUT2D eigenvalue weighted by Crippen LogP contribution is 2.25. The van der Waals surface area contributed by atoms with E-state index >= 15 is 0 Å². The SMILES string of the molecule is O=C(c1ccccc1O)N1CCC(C(=O)N2CCCCCC2)CC1. The number of hydrogen-bond acceptors (Lipinski definition) is 3. The normalized spacial score (nSPS) is 19.8. The number of benzene rings is 1. The average Bonchev–Trinajstić information content (AvgIpc) is 2.90. The molecule has 2 heterocycles. The fourth-order valence-corrected chi connectivity index (χ4v) is 3.70. The number of nitrogens with zero attached hydrogens (tertiary/aromatic N) is 2. The van der Waals surface area contributed by atoms with Crippen molar-refractivity contribution in [2.24, 2.45) is 5.92 Å². The Morgan fingerprint density at radius 1 is 0.875 bits per heavy atom. The molecule has 0 aromatic heterocycles. The number of phenols is 1. The molecule has 2 aliphatic heterocycles. The molecule has 2 saturated heterocycles. The number of carbonyl (C=O) groups is 2. The number of aromatic hydroxyl groups is 1. The van der Waals surface area contributed by atoms with Crippen LogP contribution >= 0.6 is 0 Å². The lowest BCUT2D eigenvalue weighted by Gasteiger charge is -2.34. The molecule has 5 heteroatoms. The van der Waals surface area contributed by atoms with Crippen molar-refractivity contribution in [3.8, 4) is 5.75 Å². The highest BCUT2D eigenvalue weighted by Gasteiger charge is 2.31. The van der Waals surface area contributed by atoms with Gasteiger partial charge in [0.25, 0.3) is 5.91 Å². The van der Waals surface area contributed by atoms with E-state index in [0.717, 1.165) is 25.9 Å². The van der Waals surface area contributed by atoms with Crippen molar-refractivity contribution in [1.82, 2.24) is 9.80 Å². The summed E-state index contributed by atoms with van der Waals surface area (Å²) >= 11 is 0. The van der Waals surface area contributed by atoms with Crippen LogP contribution in [0.25, 0.3) is 0 Å². The number of rotatable bonds is 2. The number of carbonyl (C=O) groups excluding carboxylic acids is 2. The Morgan fingerprint density at radius 3 is 2.12 bits per heavy atom. The Balaban J connectivity index is 1.56. The summed E-state index contributed by atoms with van der Waals surface area (Å²) in [7, 11) is 0. The summed E-state index contributed by atoms with van der Waals surface area (Å²) in [5.41, 5.74) is 0.342. The van der Waals surface area contributed by atoms with E-state index in [2.05, 4.69) is 0 Å². The molecule has 3 rings (SSSR count). The fourth-order valence-electron chi connectivity index (χ4n) is 3.70. The predicted molar refractivity (Wildman–Crippen MR) is 91.8 cm³/mol. The maximum atomic E-state index is 12.7. The Labute approximate surface area is 143 Å². The molecule has 1 aromatic rings. The second kappa shape index (κ2) is 7.69. The zero-order chi connectivity index (χ0) is 16.9. The molecule has 24 heavy (non-hydrogen) atoms. The van der Waals surface area contributed by atoms with E-state index in [1.54, 1.807) is 23.1 Å². The van der Waals surface area contributed by atoms with E-state index in [0.29, 0.717) is 31.5 Å². The second-order valence-corrected chi connectivity index (χ2v) is 6.82. The molecular weight excluding hydrogens is 304 g/mol. The zero-order valence-electron chi connectivity index (χ0n) is 14.1. The summed E-state index contributed by atoms with van der Waals surface area (Å²) in [6, 6.07) is 6.63. The van der Waals surface area contributed by atoms with E-state index < -0.39 is 0 Å². The number of likely N-dealkylation sites (tertiary alicyclic amines) is 2. The van der Waals surface area contributed by atoms with Crippen LogP contribution < -0.4 is 0 Å². The van der Waals surface area contributed by atoms with E-state index in [-0.39, 0.29) is 23.5 Å². The first kappa shape index (κ1) is 16.8. The highest BCUT2D eigenvalue weighted by atomic mass is 16.3. The number of piperidine rings is 1. The first-order chi connectivity index (χ1) is 11.7. The standard InChI is InChI=1S/C19H26N2O3/c22-17-8-4-3-7-16(17)19(24)21-13-9-15(10-14-21)18(23)20-11-5-1-2-6-12-20/h3-4,7-8,15,22H,1-2,5-6,9-14H2. The molecule has 1 aromatic carbocycles. The van der Waals surface area contributed by atoms with Crippen LogP contribution in [-0.2, 0) is 4.79 Å². The van der Waals surface area contributed by atoms with Crippen molar-refractivity contribution in [1.29, 1.82) is 0 Å². The van der Waals surface area contributed by atoms with Crippen LogP contribution in [0.3, 0.4) is 0 Å². The Kier molecular flexibility index (Phi) is 5.38. The quantitative estimate of drug-likeness (QED) is 0.907. The molecule has 2 fully saturated rings. The zero-order valence-corrected chi connectivity index (χ0v) is 14.1. The van der Waals surface area contributed by atoms with Crippen LogP contribution in [0.5, 0.6) is 5.75 Å². The van der Waals surface area contributed by atoms with Gasteiger partial charge in [0.2, 0.25) is 5.91 Å². The van der Waals surface area contributed by atoms with Gasteiger partial charge in [-0.25, -0.2) is 0 Å². The van der Waals surface area contributed by atoms with Crippen LogP contribution in [0.1, 0.15) is 48.9 Å². The van der Waals surface area contributed by atoms with Crippen LogP contribution in [0.15, 0.2) is 24.3 Å². The van der Waals surface area contributed by atoms with E-state index in [9.17, 15) is 14.7 Å². The number of amides is 2. The Morgan fingerprint density at radius 2 is 1.50 bits per heavy atom. The van der Waals surface area contributed by atoms with Crippen molar-refractivity contribution in [3.63, 3.8) is 0 Å². The van der Waals surface area contributed by atoms with E-state index in [1.165, 1.54) is 18.9 Å². The Hall–Kier alpha value is -2.04. The van der Waals surface area contributed by atoms with Crippen LogP contribution in [0.2, 0.25) is 0 Å². The van der Waals surface area contributed by atoms with Crippen molar-refractivity contribution in [2.75, 3.05) is 26.2 Å². The third kappa shape index (κ3) is 3.71. The first-order valence-electron chi connectivity index (χ1n) is 9.03. The van der Waals surface area contributed by atoms with Gasteiger partial charge < -0.3 is 14.9 Å². The minimum absolute atomic E-state index is 0.0188.